The van der Waals surface area contributed by atoms with Crippen LogP contribution in [0.15, 0.2) is 34.9 Å². The smallest absolute Gasteiger partial charge is 0.253 e. The van der Waals surface area contributed by atoms with E-state index in [4.69, 9.17) is 16.6 Å². The second-order valence-electron chi connectivity index (χ2n) is 4.70. The Bertz CT molecular complexity index is 869. The SMILES string of the molecule is O=C(NCC(O)c1ccco1)c1cc(F)cc2[nH]c(=S)[nH]c12. The Hall–Kier alpha value is -2.45. The lowest BCUT2D eigenvalue weighted by Crippen LogP contribution is -2.28. The number of aromatic amines is 2. The van der Waals surface area contributed by atoms with Crippen LogP contribution in [0, 0.1) is 10.6 Å². The van der Waals surface area contributed by atoms with Gasteiger partial charge < -0.3 is 24.8 Å². The lowest BCUT2D eigenvalue weighted by Gasteiger charge is -2.10. The summed E-state index contributed by atoms with van der Waals surface area (Å²) in [5, 5.41) is 12.4. The van der Waals surface area contributed by atoms with Gasteiger partial charge in [-0.15, -0.1) is 0 Å². The molecule has 0 saturated carbocycles. The third-order valence-electron chi connectivity index (χ3n) is 3.16. The number of nitrogens with one attached hydrogen (secondary N) is 3. The highest BCUT2D eigenvalue weighted by molar-refractivity contribution is 7.71. The van der Waals surface area contributed by atoms with E-state index in [0.717, 1.165) is 6.07 Å². The van der Waals surface area contributed by atoms with Gasteiger partial charge in [-0.3, -0.25) is 4.79 Å². The zero-order valence-corrected chi connectivity index (χ0v) is 12.0. The molecule has 22 heavy (non-hydrogen) atoms. The fourth-order valence-corrected chi connectivity index (χ4v) is 2.36. The van der Waals surface area contributed by atoms with Crippen molar-refractivity contribution in [2.75, 3.05) is 6.54 Å². The van der Waals surface area contributed by atoms with Crippen molar-refractivity contribution in [3.63, 3.8) is 0 Å². The van der Waals surface area contributed by atoms with Gasteiger partial charge in [-0.2, -0.15) is 0 Å². The summed E-state index contributed by atoms with van der Waals surface area (Å²) in [5.41, 5.74) is 0.923. The highest BCUT2D eigenvalue weighted by Gasteiger charge is 2.16. The van der Waals surface area contributed by atoms with Crippen LogP contribution in [0.5, 0.6) is 0 Å². The van der Waals surface area contributed by atoms with Crippen molar-refractivity contribution in [2.45, 2.75) is 6.10 Å². The summed E-state index contributed by atoms with van der Waals surface area (Å²) in [7, 11) is 0. The average molecular weight is 321 g/mol. The van der Waals surface area contributed by atoms with E-state index in [2.05, 4.69) is 15.3 Å². The van der Waals surface area contributed by atoms with Gasteiger partial charge in [-0.05, 0) is 36.5 Å². The Kier molecular flexibility index (Phi) is 3.78. The molecule has 4 N–H and O–H groups in total. The largest absolute Gasteiger partial charge is 0.467 e. The van der Waals surface area contributed by atoms with Gasteiger partial charge in [-0.1, -0.05) is 0 Å². The van der Waals surface area contributed by atoms with Gasteiger partial charge in [0.2, 0.25) is 0 Å². The number of benzene rings is 1. The van der Waals surface area contributed by atoms with Crippen LogP contribution in [-0.4, -0.2) is 27.5 Å². The van der Waals surface area contributed by atoms with Gasteiger partial charge in [0.25, 0.3) is 5.91 Å². The van der Waals surface area contributed by atoms with Crippen LogP contribution in [-0.2, 0) is 0 Å². The van der Waals surface area contributed by atoms with Crippen molar-refractivity contribution in [3.8, 4) is 0 Å². The maximum atomic E-state index is 13.6. The molecule has 0 aliphatic carbocycles. The molecule has 0 radical (unpaired) electrons. The maximum absolute atomic E-state index is 13.6. The van der Waals surface area contributed by atoms with E-state index in [0.29, 0.717) is 21.6 Å². The molecule has 114 valence electrons. The predicted octanol–water partition coefficient (Wildman–Crippen LogP) is 2.42. The first-order valence-corrected chi connectivity index (χ1v) is 6.86. The summed E-state index contributed by atoms with van der Waals surface area (Å²) < 4.78 is 18.9. The Labute approximate surface area is 129 Å². The molecule has 0 bridgehead atoms. The molecule has 0 aliphatic heterocycles. The number of aliphatic hydroxyl groups excluding tert-OH is 1. The number of amides is 1. The molecule has 1 amide bonds. The molecular weight excluding hydrogens is 309 g/mol. The third-order valence-corrected chi connectivity index (χ3v) is 3.37. The number of H-pyrrole nitrogens is 2. The first-order chi connectivity index (χ1) is 10.5. The number of rotatable bonds is 4. The van der Waals surface area contributed by atoms with Crippen LogP contribution in [0.3, 0.4) is 0 Å². The summed E-state index contributed by atoms with van der Waals surface area (Å²) in [6, 6.07) is 5.59. The van der Waals surface area contributed by atoms with E-state index in [9.17, 15) is 14.3 Å². The zero-order chi connectivity index (χ0) is 15.7. The fourth-order valence-electron chi connectivity index (χ4n) is 2.15. The van der Waals surface area contributed by atoms with E-state index in [1.54, 1.807) is 12.1 Å². The normalized spacial score (nSPS) is 12.5. The summed E-state index contributed by atoms with van der Waals surface area (Å²) >= 11 is 4.94. The molecule has 2 aromatic heterocycles. The second kappa shape index (κ2) is 5.74. The van der Waals surface area contributed by atoms with Gasteiger partial charge in [0.15, 0.2) is 4.77 Å². The van der Waals surface area contributed by atoms with E-state index in [1.807, 2.05) is 0 Å². The lowest BCUT2D eigenvalue weighted by atomic mass is 10.1. The van der Waals surface area contributed by atoms with Gasteiger partial charge in [0.05, 0.1) is 29.4 Å². The van der Waals surface area contributed by atoms with Crippen molar-refractivity contribution in [1.29, 1.82) is 0 Å². The Balaban J connectivity index is 1.82. The van der Waals surface area contributed by atoms with E-state index in [1.165, 1.54) is 12.3 Å². The quantitative estimate of drug-likeness (QED) is 0.555. The zero-order valence-electron chi connectivity index (χ0n) is 11.2. The first kappa shape index (κ1) is 14.5. The topological polar surface area (TPSA) is 94.0 Å². The van der Waals surface area contributed by atoms with E-state index in [-0.39, 0.29) is 12.1 Å². The summed E-state index contributed by atoms with van der Waals surface area (Å²) in [5.74, 6) is -0.749. The molecule has 8 heteroatoms. The van der Waals surface area contributed by atoms with Gasteiger partial charge in [0, 0.05) is 0 Å². The monoisotopic (exact) mass is 321 g/mol. The van der Waals surface area contributed by atoms with Crippen molar-refractivity contribution >= 4 is 29.2 Å². The number of halogens is 1. The fraction of sp³-hybridized carbons (Fsp3) is 0.143. The molecule has 1 atom stereocenters. The standard InChI is InChI=1S/C14H12FN3O3S/c15-7-4-8(12-9(5-7)17-14(22)18-12)13(20)16-6-10(19)11-2-1-3-21-11/h1-5,10,19H,6H2,(H,16,20)(H2,17,18,22). The van der Waals surface area contributed by atoms with Crippen LogP contribution in [0.1, 0.15) is 22.2 Å². The number of hydrogen-bond acceptors (Lipinski definition) is 4. The Morgan fingerprint density at radius 3 is 3.00 bits per heavy atom. The van der Waals surface area contributed by atoms with Crippen molar-refractivity contribution < 1.29 is 18.7 Å². The number of imidazole rings is 1. The molecule has 3 rings (SSSR count). The van der Waals surface area contributed by atoms with E-state index < -0.39 is 17.8 Å². The molecular formula is C14H12FN3O3S. The third kappa shape index (κ3) is 2.78. The number of hydrogen-bond donors (Lipinski definition) is 4. The number of carbonyl (C=O) groups excluding carboxylic acids is 1. The number of carbonyl (C=O) groups is 1. The average Bonchev–Trinajstić information content (AvgIpc) is 3.11. The maximum Gasteiger partial charge on any atom is 0.253 e. The van der Waals surface area contributed by atoms with Crippen molar-refractivity contribution in [3.05, 3.63) is 52.4 Å². The minimum Gasteiger partial charge on any atom is -0.467 e. The Morgan fingerprint density at radius 2 is 2.27 bits per heavy atom. The minimum atomic E-state index is -0.979. The van der Waals surface area contributed by atoms with Crippen LogP contribution >= 0.6 is 12.2 Å². The molecule has 1 unspecified atom stereocenters. The van der Waals surface area contributed by atoms with Crippen LogP contribution in [0.25, 0.3) is 11.0 Å². The molecule has 0 fully saturated rings. The Morgan fingerprint density at radius 1 is 1.45 bits per heavy atom. The summed E-state index contributed by atoms with van der Waals surface area (Å²) in [6.45, 7) is -0.0600. The van der Waals surface area contributed by atoms with E-state index >= 15 is 0 Å². The van der Waals surface area contributed by atoms with Gasteiger partial charge in [-0.25, -0.2) is 4.39 Å². The van der Waals surface area contributed by atoms with Gasteiger partial charge >= 0.3 is 0 Å². The lowest BCUT2D eigenvalue weighted by molar-refractivity contribution is 0.0902. The van der Waals surface area contributed by atoms with Crippen LogP contribution < -0.4 is 5.32 Å². The predicted molar refractivity (Wildman–Crippen MR) is 79.4 cm³/mol. The van der Waals surface area contributed by atoms with Crippen molar-refractivity contribution in [2.24, 2.45) is 0 Å². The minimum absolute atomic E-state index is 0.0600. The van der Waals surface area contributed by atoms with Crippen LogP contribution in [0.4, 0.5) is 4.39 Å². The highest BCUT2D eigenvalue weighted by Crippen LogP contribution is 2.18. The molecule has 0 spiro atoms. The highest BCUT2D eigenvalue weighted by atomic mass is 32.1. The van der Waals surface area contributed by atoms with Crippen LogP contribution in [0.2, 0.25) is 0 Å². The van der Waals surface area contributed by atoms with Crippen molar-refractivity contribution in [1.82, 2.24) is 15.3 Å². The number of fused-ring (bicyclic) bond motifs is 1. The second-order valence-corrected chi connectivity index (χ2v) is 5.10. The molecule has 0 aliphatic rings. The molecule has 3 aromatic rings. The number of aliphatic hydroxyl groups is 1. The molecule has 0 saturated heterocycles. The van der Waals surface area contributed by atoms with Gasteiger partial charge in [0.1, 0.15) is 17.7 Å². The number of aromatic nitrogens is 2. The first-order valence-electron chi connectivity index (χ1n) is 6.46. The molecule has 1 aromatic carbocycles. The number of furan rings is 1. The summed E-state index contributed by atoms with van der Waals surface area (Å²) in [6.07, 6.45) is 0.448. The molecule has 2 heterocycles. The molecule has 6 nitrogen and oxygen atoms in total. The summed E-state index contributed by atoms with van der Waals surface area (Å²) in [4.78, 5) is 17.8.